The van der Waals surface area contributed by atoms with Crippen molar-refractivity contribution in [1.82, 2.24) is 9.55 Å². The summed E-state index contributed by atoms with van der Waals surface area (Å²) in [7, 11) is 0. The van der Waals surface area contributed by atoms with Crippen molar-refractivity contribution in [3.05, 3.63) is 49.2 Å². The van der Waals surface area contributed by atoms with Crippen molar-refractivity contribution in [2.75, 3.05) is 0 Å². The molecule has 0 aliphatic heterocycles. The van der Waals surface area contributed by atoms with E-state index < -0.39 is 5.97 Å². The molecule has 2 aromatic rings. The third-order valence-electron chi connectivity index (χ3n) is 2.18. The average Bonchev–Trinajstić information content (AvgIpc) is 2.70. The predicted molar refractivity (Wildman–Crippen MR) is 71.0 cm³/mol. The molecular formula is C11H9BrN2O3S. The first-order valence-corrected chi connectivity index (χ1v) is 6.73. The van der Waals surface area contributed by atoms with Crippen LogP contribution in [0.25, 0.3) is 0 Å². The number of pyridine rings is 1. The Balaban J connectivity index is 2.18. The number of aliphatic carboxylic acids is 1. The van der Waals surface area contributed by atoms with E-state index >= 15 is 0 Å². The van der Waals surface area contributed by atoms with Crippen LogP contribution in [0.2, 0.25) is 0 Å². The zero-order valence-corrected chi connectivity index (χ0v) is 11.6. The van der Waals surface area contributed by atoms with E-state index in [1.807, 2.05) is 0 Å². The fourth-order valence-electron chi connectivity index (χ4n) is 1.43. The Bertz CT molecular complexity index is 635. The maximum atomic E-state index is 11.6. The van der Waals surface area contributed by atoms with Gasteiger partial charge in [0.1, 0.15) is 5.01 Å². The van der Waals surface area contributed by atoms with Gasteiger partial charge in [0.2, 0.25) is 0 Å². The van der Waals surface area contributed by atoms with Crippen LogP contribution in [-0.2, 0) is 17.8 Å². The molecule has 18 heavy (non-hydrogen) atoms. The highest BCUT2D eigenvalue weighted by Crippen LogP contribution is 2.12. The monoisotopic (exact) mass is 328 g/mol. The standard InChI is InChI=1S/C11H9BrN2O3S/c12-7-1-2-10(15)14(4-7)5-9-13-8(6-18-9)3-11(16)17/h1-2,4,6H,3,5H2,(H,16,17). The molecule has 94 valence electrons. The number of nitrogens with zero attached hydrogens (tertiary/aromatic N) is 2. The lowest BCUT2D eigenvalue weighted by Crippen LogP contribution is -2.18. The molecule has 0 fully saturated rings. The van der Waals surface area contributed by atoms with E-state index in [9.17, 15) is 9.59 Å². The first kappa shape index (κ1) is 13.0. The highest BCUT2D eigenvalue weighted by atomic mass is 79.9. The molecule has 0 aliphatic carbocycles. The van der Waals surface area contributed by atoms with Crippen LogP contribution in [-0.4, -0.2) is 20.6 Å². The number of hydrogen-bond donors (Lipinski definition) is 1. The molecule has 0 spiro atoms. The van der Waals surface area contributed by atoms with Gasteiger partial charge in [0.15, 0.2) is 0 Å². The molecule has 0 aromatic carbocycles. The molecule has 2 rings (SSSR count). The zero-order valence-electron chi connectivity index (χ0n) is 9.17. The summed E-state index contributed by atoms with van der Waals surface area (Å²) in [6, 6.07) is 3.15. The average molecular weight is 329 g/mol. The van der Waals surface area contributed by atoms with Gasteiger partial charge in [0.25, 0.3) is 5.56 Å². The van der Waals surface area contributed by atoms with E-state index in [1.54, 1.807) is 17.6 Å². The summed E-state index contributed by atoms with van der Waals surface area (Å²) in [4.78, 5) is 26.3. The quantitative estimate of drug-likeness (QED) is 0.927. The first-order chi connectivity index (χ1) is 8.54. The van der Waals surface area contributed by atoms with Gasteiger partial charge >= 0.3 is 5.97 Å². The van der Waals surface area contributed by atoms with E-state index in [-0.39, 0.29) is 12.0 Å². The summed E-state index contributed by atoms with van der Waals surface area (Å²) in [5.74, 6) is -0.911. The fourth-order valence-corrected chi connectivity index (χ4v) is 2.60. The van der Waals surface area contributed by atoms with Crippen LogP contribution >= 0.6 is 27.3 Å². The van der Waals surface area contributed by atoms with Gasteiger partial charge in [-0.1, -0.05) is 0 Å². The Morgan fingerprint density at radius 3 is 3.00 bits per heavy atom. The molecule has 0 saturated heterocycles. The number of hydrogen-bond acceptors (Lipinski definition) is 4. The normalized spacial score (nSPS) is 10.5. The summed E-state index contributed by atoms with van der Waals surface area (Å²) in [5.41, 5.74) is 0.402. The summed E-state index contributed by atoms with van der Waals surface area (Å²) in [6.45, 7) is 0.350. The number of carbonyl (C=O) groups is 1. The number of aromatic nitrogens is 2. The zero-order chi connectivity index (χ0) is 13.1. The highest BCUT2D eigenvalue weighted by Gasteiger charge is 2.07. The van der Waals surface area contributed by atoms with Crippen molar-refractivity contribution < 1.29 is 9.90 Å². The van der Waals surface area contributed by atoms with E-state index in [2.05, 4.69) is 20.9 Å². The van der Waals surface area contributed by atoms with Crippen molar-refractivity contribution in [3.8, 4) is 0 Å². The molecule has 2 heterocycles. The second kappa shape index (κ2) is 5.45. The van der Waals surface area contributed by atoms with Crippen LogP contribution in [0.15, 0.2) is 33.0 Å². The molecule has 0 unspecified atom stereocenters. The van der Waals surface area contributed by atoms with Crippen molar-refractivity contribution in [2.45, 2.75) is 13.0 Å². The largest absolute Gasteiger partial charge is 0.481 e. The smallest absolute Gasteiger partial charge is 0.309 e. The van der Waals surface area contributed by atoms with E-state index in [1.165, 1.54) is 22.0 Å². The van der Waals surface area contributed by atoms with Crippen molar-refractivity contribution >= 4 is 33.2 Å². The van der Waals surface area contributed by atoms with Gasteiger partial charge in [-0.15, -0.1) is 11.3 Å². The Hall–Kier alpha value is -1.47. The molecule has 5 nitrogen and oxygen atoms in total. The first-order valence-electron chi connectivity index (χ1n) is 5.05. The molecule has 0 radical (unpaired) electrons. The fraction of sp³-hybridized carbons (Fsp3) is 0.182. The van der Waals surface area contributed by atoms with Gasteiger partial charge < -0.3 is 9.67 Å². The van der Waals surface area contributed by atoms with E-state index in [4.69, 9.17) is 5.11 Å². The van der Waals surface area contributed by atoms with Crippen LogP contribution in [0.3, 0.4) is 0 Å². The van der Waals surface area contributed by atoms with Crippen LogP contribution in [0, 0.1) is 0 Å². The Morgan fingerprint density at radius 2 is 2.28 bits per heavy atom. The second-order valence-corrected chi connectivity index (χ2v) is 5.47. The molecule has 2 aromatic heterocycles. The lowest BCUT2D eigenvalue weighted by molar-refractivity contribution is -0.136. The van der Waals surface area contributed by atoms with Gasteiger partial charge in [-0.25, -0.2) is 4.98 Å². The minimum atomic E-state index is -0.911. The number of carboxylic acids is 1. The van der Waals surface area contributed by atoms with Gasteiger partial charge in [0.05, 0.1) is 18.7 Å². The van der Waals surface area contributed by atoms with Crippen molar-refractivity contribution in [2.24, 2.45) is 0 Å². The minimum absolute atomic E-state index is 0.0934. The van der Waals surface area contributed by atoms with Crippen molar-refractivity contribution in [1.29, 1.82) is 0 Å². The molecule has 0 bridgehead atoms. The maximum Gasteiger partial charge on any atom is 0.309 e. The van der Waals surface area contributed by atoms with E-state index in [0.717, 1.165) is 4.47 Å². The van der Waals surface area contributed by atoms with Crippen LogP contribution < -0.4 is 5.56 Å². The van der Waals surface area contributed by atoms with Gasteiger partial charge in [0, 0.05) is 22.1 Å². The van der Waals surface area contributed by atoms with Crippen LogP contribution in [0.1, 0.15) is 10.7 Å². The SMILES string of the molecule is O=C(O)Cc1csc(Cn2cc(Br)ccc2=O)n1. The maximum absolute atomic E-state index is 11.6. The summed E-state index contributed by atoms with van der Waals surface area (Å²) in [5, 5.41) is 11.1. The number of halogens is 1. The Labute approximate surface area is 115 Å². The summed E-state index contributed by atoms with van der Waals surface area (Å²) >= 11 is 4.64. The van der Waals surface area contributed by atoms with Crippen molar-refractivity contribution in [3.63, 3.8) is 0 Å². The summed E-state index contributed by atoms with van der Waals surface area (Å²) < 4.78 is 2.33. The highest BCUT2D eigenvalue weighted by molar-refractivity contribution is 9.10. The molecule has 1 N–H and O–H groups in total. The third-order valence-corrected chi connectivity index (χ3v) is 3.54. The topological polar surface area (TPSA) is 72.2 Å². The molecule has 0 amide bonds. The van der Waals surface area contributed by atoms with Gasteiger partial charge in [-0.05, 0) is 22.0 Å². The summed E-state index contributed by atoms with van der Waals surface area (Å²) in [6.07, 6.45) is 1.59. The number of thiazole rings is 1. The second-order valence-electron chi connectivity index (χ2n) is 3.62. The lowest BCUT2D eigenvalue weighted by atomic mass is 10.3. The van der Waals surface area contributed by atoms with Gasteiger partial charge in [-0.2, -0.15) is 0 Å². The van der Waals surface area contributed by atoms with Crippen LogP contribution in [0.5, 0.6) is 0 Å². The minimum Gasteiger partial charge on any atom is -0.481 e. The molecule has 0 aliphatic rings. The van der Waals surface area contributed by atoms with E-state index in [0.29, 0.717) is 17.2 Å². The third kappa shape index (κ3) is 3.27. The van der Waals surface area contributed by atoms with Crippen LogP contribution in [0.4, 0.5) is 0 Å². The molecular weight excluding hydrogens is 320 g/mol. The Kier molecular flexibility index (Phi) is 3.93. The lowest BCUT2D eigenvalue weighted by Gasteiger charge is -2.02. The van der Waals surface area contributed by atoms with Gasteiger partial charge in [-0.3, -0.25) is 9.59 Å². The Morgan fingerprint density at radius 1 is 1.50 bits per heavy atom. The predicted octanol–water partition coefficient (Wildman–Crippen LogP) is 1.74. The molecule has 7 heteroatoms. The molecule has 0 saturated carbocycles. The molecule has 0 atom stereocenters. The number of rotatable bonds is 4. The number of carboxylic acid groups (broad SMARTS) is 1.